The Labute approximate surface area is 117 Å². The molecule has 19 heavy (non-hydrogen) atoms. The number of alkyl halides is 3. The predicted octanol–water partition coefficient (Wildman–Crippen LogP) is 3.53. The van der Waals surface area contributed by atoms with Crippen LogP contribution in [0.2, 0.25) is 0 Å². The quantitative estimate of drug-likeness (QED) is 0.625. The first kappa shape index (κ1) is 14.4. The number of hydrogen-bond donors (Lipinski definition) is 0. The molecule has 0 amide bonds. The van der Waals surface area contributed by atoms with Crippen LogP contribution >= 0.6 is 15.9 Å². The first-order valence-electron chi connectivity index (χ1n) is 5.23. The fourth-order valence-electron chi connectivity index (χ4n) is 1.62. The van der Waals surface area contributed by atoms with E-state index in [1.807, 2.05) is 15.9 Å². The number of hydrogen-bond acceptors (Lipinski definition) is 3. The molecular weight excluding hydrogens is 342 g/mol. The molecule has 0 radical (unpaired) electrons. The van der Waals surface area contributed by atoms with E-state index in [0.29, 0.717) is 10.8 Å². The van der Waals surface area contributed by atoms with Gasteiger partial charge in [0.15, 0.2) is 0 Å². The number of benzene rings is 2. The Morgan fingerprint density at radius 1 is 1.11 bits per heavy atom. The topological polar surface area (TPSA) is 43.4 Å². The SMILES string of the molecule is O=S(=O)(OCC(F)(F)Br)c1cccc2ccccc12. The van der Waals surface area contributed by atoms with Gasteiger partial charge in [-0.1, -0.05) is 36.4 Å². The van der Waals surface area contributed by atoms with Gasteiger partial charge < -0.3 is 0 Å². The van der Waals surface area contributed by atoms with Gasteiger partial charge in [0.2, 0.25) is 0 Å². The molecule has 7 heteroatoms. The van der Waals surface area contributed by atoms with Crippen LogP contribution in [0.1, 0.15) is 0 Å². The maximum atomic E-state index is 12.6. The average Bonchev–Trinajstić information content (AvgIpc) is 2.35. The van der Waals surface area contributed by atoms with E-state index in [0.717, 1.165) is 0 Å². The fraction of sp³-hybridized carbons (Fsp3) is 0.167. The van der Waals surface area contributed by atoms with Gasteiger partial charge in [-0.2, -0.15) is 17.2 Å². The Morgan fingerprint density at radius 2 is 1.74 bits per heavy atom. The summed E-state index contributed by atoms with van der Waals surface area (Å²) < 4.78 is 53.4. The fourth-order valence-corrected chi connectivity index (χ4v) is 3.02. The van der Waals surface area contributed by atoms with Crippen LogP contribution in [0, 0.1) is 0 Å². The lowest BCUT2D eigenvalue weighted by molar-refractivity contribution is 0.0572. The molecule has 0 unspecified atom stereocenters. The predicted molar refractivity (Wildman–Crippen MR) is 71.0 cm³/mol. The number of halogens is 3. The second-order valence-electron chi connectivity index (χ2n) is 3.81. The van der Waals surface area contributed by atoms with Crippen LogP contribution in [0.3, 0.4) is 0 Å². The van der Waals surface area contributed by atoms with Gasteiger partial charge in [0, 0.05) is 5.39 Å². The molecule has 0 aliphatic heterocycles. The molecule has 0 aliphatic carbocycles. The molecule has 0 saturated heterocycles. The summed E-state index contributed by atoms with van der Waals surface area (Å²) >= 11 is 2.03. The summed E-state index contributed by atoms with van der Waals surface area (Å²) in [4.78, 5) is -3.51. The zero-order valence-corrected chi connectivity index (χ0v) is 11.9. The van der Waals surface area contributed by atoms with Crippen LogP contribution < -0.4 is 0 Å². The first-order valence-corrected chi connectivity index (χ1v) is 7.44. The average molecular weight is 351 g/mol. The maximum Gasteiger partial charge on any atom is 0.325 e. The third kappa shape index (κ3) is 3.49. The van der Waals surface area contributed by atoms with Crippen molar-refractivity contribution in [1.82, 2.24) is 0 Å². The van der Waals surface area contributed by atoms with Gasteiger partial charge in [0.05, 0.1) is 0 Å². The highest BCUT2D eigenvalue weighted by molar-refractivity contribution is 9.10. The summed E-state index contributed by atoms with van der Waals surface area (Å²) in [7, 11) is -4.23. The first-order chi connectivity index (χ1) is 8.80. The van der Waals surface area contributed by atoms with Gasteiger partial charge in [0.25, 0.3) is 10.1 Å². The molecule has 0 aromatic heterocycles. The van der Waals surface area contributed by atoms with Crippen LogP contribution in [0.4, 0.5) is 8.78 Å². The molecule has 0 fully saturated rings. The minimum Gasteiger partial charge on any atom is -0.259 e. The highest BCUT2D eigenvalue weighted by atomic mass is 79.9. The minimum absolute atomic E-state index is 0.123. The highest BCUT2D eigenvalue weighted by Gasteiger charge is 2.29. The largest absolute Gasteiger partial charge is 0.325 e. The Balaban J connectivity index is 2.44. The molecule has 0 aliphatic rings. The lowest BCUT2D eigenvalue weighted by atomic mass is 10.1. The summed E-state index contributed by atoms with van der Waals surface area (Å²) in [5, 5.41) is 1.13. The van der Waals surface area contributed by atoms with Crippen molar-refractivity contribution in [2.45, 2.75) is 9.73 Å². The van der Waals surface area contributed by atoms with Crippen molar-refractivity contribution in [1.29, 1.82) is 0 Å². The highest BCUT2D eigenvalue weighted by Crippen LogP contribution is 2.27. The van der Waals surface area contributed by atoms with E-state index in [1.165, 1.54) is 12.1 Å². The molecule has 0 spiro atoms. The summed E-state index contributed by atoms with van der Waals surface area (Å²) in [6.07, 6.45) is 0. The van der Waals surface area contributed by atoms with E-state index in [4.69, 9.17) is 0 Å². The van der Waals surface area contributed by atoms with E-state index >= 15 is 0 Å². The minimum atomic E-state index is -4.23. The smallest absolute Gasteiger partial charge is 0.259 e. The molecule has 2 rings (SSSR count). The molecule has 0 N–H and O–H groups in total. The standard InChI is InChI=1S/C12H9BrF2O3S/c13-12(14,15)8-18-19(16,17)11-7-3-5-9-4-1-2-6-10(9)11/h1-7H,8H2. The van der Waals surface area contributed by atoms with Crippen LogP contribution in [-0.4, -0.2) is 19.9 Å². The third-order valence-corrected chi connectivity index (χ3v) is 3.95. The molecule has 0 saturated carbocycles. The lowest BCUT2D eigenvalue weighted by Crippen LogP contribution is -2.19. The van der Waals surface area contributed by atoms with Crippen molar-refractivity contribution in [3.05, 3.63) is 42.5 Å². The molecule has 2 aromatic rings. The van der Waals surface area contributed by atoms with Gasteiger partial charge in [-0.25, -0.2) is 0 Å². The molecule has 102 valence electrons. The van der Waals surface area contributed by atoms with Gasteiger partial charge >= 0.3 is 4.83 Å². The maximum absolute atomic E-state index is 12.6. The molecule has 2 aromatic carbocycles. The lowest BCUT2D eigenvalue weighted by Gasteiger charge is -2.11. The zero-order valence-electron chi connectivity index (χ0n) is 9.52. The Kier molecular flexibility index (Phi) is 3.89. The molecule has 0 bridgehead atoms. The van der Waals surface area contributed by atoms with E-state index < -0.39 is 21.6 Å². The Hall–Kier alpha value is -1.05. The monoisotopic (exact) mass is 350 g/mol. The van der Waals surface area contributed by atoms with E-state index in [-0.39, 0.29) is 4.90 Å². The van der Waals surface area contributed by atoms with Gasteiger partial charge in [-0.05, 0) is 27.4 Å². The van der Waals surface area contributed by atoms with Crippen LogP contribution in [0.15, 0.2) is 47.4 Å². The number of rotatable bonds is 4. The van der Waals surface area contributed by atoms with Crippen molar-refractivity contribution in [2.75, 3.05) is 6.61 Å². The van der Waals surface area contributed by atoms with Gasteiger partial charge in [-0.15, -0.1) is 0 Å². The second-order valence-corrected chi connectivity index (χ2v) is 6.55. The molecule has 0 heterocycles. The molecule has 3 nitrogen and oxygen atoms in total. The Bertz CT molecular complexity index is 690. The Morgan fingerprint density at radius 3 is 2.42 bits per heavy atom. The van der Waals surface area contributed by atoms with Crippen LogP contribution in [0.5, 0.6) is 0 Å². The van der Waals surface area contributed by atoms with Crippen LogP contribution in [-0.2, 0) is 14.3 Å². The van der Waals surface area contributed by atoms with Crippen molar-refractivity contribution < 1.29 is 21.4 Å². The van der Waals surface area contributed by atoms with Gasteiger partial charge in [0.1, 0.15) is 11.5 Å². The van der Waals surface area contributed by atoms with Crippen molar-refractivity contribution in [3.8, 4) is 0 Å². The van der Waals surface area contributed by atoms with Crippen molar-refractivity contribution in [2.24, 2.45) is 0 Å². The van der Waals surface area contributed by atoms with Crippen molar-refractivity contribution in [3.63, 3.8) is 0 Å². The third-order valence-electron chi connectivity index (χ3n) is 2.40. The van der Waals surface area contributed by atoms with E-state index in [1.54, 1.807) is 30.3 Å². The van der Waals surface area contributed by atoms with E-state index in [2.05, 4.69) is 4.18 Å². The summed E-state index contributed by atoms with van der Waals surface area (Å²) in [6.45, 7) is -1.25. The van der Waals surface area contributed by atoms with Crippen LogP contribution in [0.25, 0.3) is 10.8 Å². The summed E-state index contributed by atoms with van der Waals surface area (Å²) in [6, 6.07) is 11.3. The zero-order chi connectivity index (χ0) is 14.1. The number of fused-ring (bicyclic) bond motifs is 1. The second kappa shape index (κ2) is 5.15. The molecule has 0 atom stereocenters. The summed E-state index contributed by atoms with van der Waals surface area (Å²) in [5.74, 6) is 0. The van der Waals surface area contributed by atoms with Gasteiger partial charge in [-0.3, -0.25) is 4.18 Å². The van der Waals surface area contributed by atoms with Crippen molar-refractivity contribution >= 4 is 36.8 Å². The normalized spacial score (nSPS) is 12.8. The van der Waals surface area contributed by atoms with E-state index in [9.17, 15) is 17.2 Å². The molecular formula is C12H9BrF2O3S. The summed E-state index contributed by atoms with van der Waals surface area (Å²) in [5.41, 5.74) is 0.